The minimum atomic E-state index is -0.510. The highest BCUT2D eigenvalue weighted by Gasteiger charge is 2.31. The quantitative estimate of drug-likeness (QED) is 0.559. The molecule has 0 aliphatic carbocycles. The Morgan fingerprint density at radius 1 is 1.00 bits per heavy atom. The maximum absolute atomic E-state index is 12.3. The van der Waals surface area contributed by atoms with Gasteiger partial charge in [0.2, 0.25) is 5.91 Å². The van der Waals surface area contributed by atoms with Gasteiger partial charge in [0.1, 0.15) is 6.61 Å². The van der Waals surface area contributed by atoms with Crippen LogP contribution >= 0.6 is 0 Å². The van der Waals surface area contributed by atoms with Gasteiger partial charge in [0.25, 0.3) is 0 Å². The van der Waals surface area contributed by atoms with Gasteiger partial charge in [-0.15, -0.1) is 0 Å². The summed E-state index contributed by atoms with van der Waals surface area (Å²) in [6, 6.07) is 9.40. The minimum Gasteiger partial charge on any atom is -0.469 e. The number of carbonyl (C=O) groups is 3. The summed E-state index contributed by atoms with van der Waals surface area (Å²) in [6.45, 7) is 1.16. The van der Waals surface area contributed by atoms with E-state index >= 15 is 0 Å². The van der Waals surface area contributed by atoms with Gasteiger partial charge < -0.3 is 9.47 Å². The van der Waals surface area contributed by atoms with Crippen molar-refractivity contribution >= 4 is 18.0 Å². The van der Waals surface area contributed by atoms with Crippen LogP contribution in [-0.4, -0.2) is 48.2 Å². The minimum absolute atomic E-state index is 0.126. The molecule has 1 saturated heterocycles. The third kappa shape index (κ3) is 5.77. The fourth-order valence-electron chi connectivity index (χ4n) is 2.63. The molecule has 0 atom stereocenters. The molecule has 136 valence electrons. The van der Waals surface area contributed by atoms with Crippen LogP contribution in [0.3, 0.4) is 0 Å². The van der Waals surface area contributed by atoms with Gasteiger partial charge in [0.15, 0.2) is 0 Å². The number of nitrogens with zero attached hydrogens (tertiary/aromatic N) is 2. The van der Waals surface area contributed by atoms with Crippen LogP contribution in [0.1, 0.15) is 37.7 Å². The lowest BCUT2D eigenvalue weighted by molar-refractivity contribution is -0.143. The molecule has 7 nitrogen and oxygen atoms in total. The van der Waals surface area contributed by atoms with Crippen LogP contribution in [0.4, 0.5) is 4.79 Å². The number of esters is 1. The van der Waals surface area contributed by atoms with Crippen molar-refractivity contribution in [2.75, 3.05) is 20.2 Å². The van der Waals surface area contributed by atoms with E-state index in [1.165, 1.54) is 17.1 Å². The van der Waals surface area contributed by atoms with Crippen LogP contribution in [0.2, 0.25) is 0 Å². The average molecular weight is 348 g/mol. The number of hydrogen-bond donors (Lipinski definition) is 0. The predicted molar refractivity (Wildman–Crippen MR) is 90.1 cm³/mol. The number of benzene rings is 1. The Labute approximate surface area is 147 Å². The molecule has 0 bridgehead atoms. The molecule has 1 aromatic carbocycles. The molecule has 0 saturated carbocycles. The Morgan fingerprint density at radius 2 is 1.68 bits per heavy atom. The molecule has 0 aromatic heterocycles. The van der Waals surface area contributed by atoms with E-state index in [-0.39, 0.29) is 18.5 Å². The van der Waals surface area contributed by atoms with Crippen molar-refractivity contribution in [1.29, 1.82) is 0 Å². The molecule has 1 aliphatic rings. The third-order valence-corrected chi connectivity index (χ3v) is 3.98. The third-order valence-electron chi connectivity index (χ3n) is 3.98. The van der Waals surface area contributed by atoms with E-state index in [4.69, 9.17) is 4.74 Å². The lowest BCUT2D eigenvalue weighted by atomic mass is 10.2. The smallest absolute Gasteiger partial charge is 0.429 e. The van der Waals surface area contributed by atoms with E-state index in [9.17, 15) is 14.4 Å². The highest BCUT2D eigenvalue weighted by atomic mass is 16.6. The number of unbranched alkanes of at least 4 members (excludes halogenated alkanes) is 1. The maximum Gasteiger partial charge on any atom is 0.429 e. The first-order valence-electron chi connectivity index (χ1n) is 8.47. The van der Waals surface area contributed by atoms with E-state index in [0.29, 0.717) is 38.8 Å². The van der Waals surface area contributed by atoms with Crippen molar-refractivity contribution in [3.8, 4) is 0 Å². The van der Waals surface area contributed by atoms with E-state index in [0.717, 1.165) is 12.0 Å². The van der Waals surface area contributed by atoms with E-state index in [1.807, 2.05) is 30.3 Å². The van der Waals surface area contributed by atoms with Gasteiger partial charge >= 0.3 is 12.1 Å². The zero-order chi connectivity index (χ0) is 18.1. The first-order chi connectivity index (χ1) is 12.1. The van der Waals surface area contributed by atoms with Crippen LogP contribution in [0, 0.1) is 0 Å². The van der Waals surface area contributed by atoms with Crippen LogP contribution in [0.5, 0.6) is 0 Å². The average Bonchev–Trinajstić information content (AvgIpc) is 3.13. The van der Waals surface area contributed by atoms with Gasteiger partial charge in [-0.25, -0.2) is 14.8 Å². The lowest BCUT2D eigenvalue weighted by Crippen LogP contribution is -2.45. The van der Waals surface area contributed by atoms with Crippen molar-refractivity contribution in [2.24, 2.45) is 0 Å². The Balaban J connectivity index is 1.77. The number of amides is 2. The van der Waals surface area contributed by atoms with E-state index in [2.05, 4.69) is 4.74 Å². The second kappa shape index (κ2) is 9.66. The van der Waals surface area contributed by atoms with Crippen molar-refractivity contribution < 1.29 is 23.9 Å². The molecule has 0 N–H and O–H groups in total. The summed E-state index contributed by atoms with van der Waals surface area (Å²) in [6.07, 6.45) is 1.98. The van der Waals surface area contributed by atoms with Gasteiger partial charge in [-0.05, 0) is 24.8 Å². The normalized spacial score (nSPS) is 13.6. The summed E-state index contributed by atoms with van der Waals surface area (Å²) >= 11 is 0. The van der Waals surface area contributed by atoms with Gasteiger partial charge in [-0.2, -0.15) is 0 Å². The monoisotopic (exact) mass is 348 g/mol. The first-order valence-corrected chi connectivity index (χ1v) is 8.47. The molecular weight excluding hydrogens is 324 g/mol. The molecule has 2 rings (SSSR count). The van der Waals surface area contributed by atoms with Crippen LogP contribution in [-0.2, 0) is 25.7 Å². The predicted octanol–water partition coefficient (Wildman–Crippen LogP) is 2.51. The number of hydrogen-bond acceptors (Lipinski definition) is 5. The zero-order valence-corrected chi connectivity index (χ0v) is 14.5. The second-order valence-corrected chi connectivity index (χ2v) is 5.82. The fourth-order valence-corrected chi connectivity index (χ4v) is 2.63. The van der Waals surface area contributed by atoms with Gasteiger partial charge in [0, 0.05) is 25.9 Å². The van der Waals surface area contributed by atoms with Gasteiger partial charge in [-0.1, -0.05) is 30.3 Å². The fraction of sp³-hybridized carbons (Fsp3) is 0.500. The molecule has 2 amide bonds. The Bertz CT molecular complexity index is 590. The summed E-state index contributed by atoms with van der Waals surface area (Å²) in [5.41, 5.74) is 0.899. The molecule has 1 aromatic rings. The van der Waals surface area contributed by atoms with Gasteiger partial charge in [-0.3, -0.25) is 9.59 Å². The summed E-state index contributed by atoms with van der Waals surface area (Å²) in [4.78, 5) is 35.6. The number of methoxy groups -OCH3 is 1. The highest BCUT2D eigenvalue weighted by Crippen LogP contribution is 2.16. The van der Waals surface area contributed by atoms with E-state index in [1.54, 1.807) is 0 Å². The lowest BCUT2D eigenvalue weighted by Gasteiger charge is -2.27. The Kier molecular flexibility index (Phi) is 7.25. The maximum atomic E-state index is 12.3. The standard InChI is InChI=1S/C18H24N2O5/c1-24-17(22)11-6-5-10-16(21)19-12-7-13-20(19)18(23)25-14-15-8-3-2-4-9-15/h2-4,8-9H,5-7,10-14H2,1H3. The van der Waals surface area contributed by atoms with Gasteiger partial charge in [0.05, 0.1) is 7.11 Å². The molecular formula is C18H24N2O5. The van der Waals surface area contributed by atoms with Crippen molar-refractivity contribution in [3.63, 3.8) is 0 Å². The topological polar surface area (TPSA) is 76.2 Å². The molecule has 7 heteroatoms. The summed E-state index contributed by atoms with van der Waals surface area (Å²) in [5.74, 6) is -0.404. The number of rotatable bonds is 7. The number of hydrazine groups is 1. The van der Waals surface area contributed by atoms with Crippen LogP contribution in [0.25, 0.3) is 0 Å². The Morgan fingerprint density at radius 3 is 2.40 bits per heavy atom. The molecule has 0 radical (unpaired) electrons. The number of carbonyl (C=O) groups excluding carboxylic acids is 3. The Hall–Kier alpha value is -2.57. The highest BCUT2D eigenvalue weighted by molar-refractivity contribution is 5.80. The van der Waals surface area contributed by atoms with Crippen molar-refractivity contribution in [3.05, 3.63) is 35.9 Å². The van der Waals surface area contributed by atoms with Crippen molar-refractivity contribution in [2.45, 2.75) is 38.7 Å². The molecule has 1 fully saturated rings. The molecule has 1 aliphatic heterocycles. The second-order valence-electron chi connectivity index (χ2n) is 5.82. The molecule has 0 spiro atoms. The molecule has 0 unspecified atom stereocenters. The van der Waals surface area contributed by atoms with Crippen LogP contribution in [0.15, 0.2) is 30.3 Å². The summed E-state index contributed by atoms with van der Waals surface area (Å²) in [5, 5.41) is 2.82. The molecule has 25 heavy (non-hydrogen) atoms. The summed E-state index contributed by atoms with van der Waals surface area (Å²) < 4.78 is 9.86. The largest absolute Gasteiger partial charge is 0.469 e. The SMILES string of the molecule is COC(=O)CCCCC(=O)N1CCCN1C(=O)OCc1ccccc1. The van der Waals surface area contributed by atoms with Crippen molar-refractivity contribution in [1.82, 2.24) is 10.0 Å². The number of ether oxygens (including phenoxy) is 2. The zero-order valence-electron chi connectivity index (χ0n) is 14.5. The summed E-state index contributed by atoms with van der Waals surface area (Å²) in [7, 11) is 1.34. The molecule has 1 heterocycles. The van der Waals surface area contributed by atoms with Crippen LogP contribution < -0.4 is 0 Å². The van der Waals surface area contributed by atoms with E-state index < -0.39 is 6.09 Å². The first kappa shape index (κ1) is 18.8.